The van der Waals surface area contributed by atoms with E-state index < -0.39 is 325 Å². The van der Waals surface area contributed by atoms with Crippen molar-refractivity contribution in [2.24, 2.45) is 0 Å². The Hall–Kier alpha value is -20.1. The number of hydrogen-bond acceptors (Lipinski definition) is 48. The van der Waals surface area contributed by atoms with Gasteiger partial charge in [-0.1, -0.05) is 42.0 Å². The van der Waals surface area contributed by atoms with Gasteiger partial charge >= 0.3 is 59.7 Å². The lowest BCUT2D eigenvalue weighted by Gasteiger charge is -2.43. The van der Waals surface area contributed by atoms with Crippen LogP contribution in [0.3, 0.4) is 0 Å². The second-order valence-corrected chi connectivity index (χ2v) is 30.8. The normalized spacial score (nSPS) is 14.9. The van der Waals surface area contributed by atoms with E-state index in [0.717, 1.165) is 12.2 Å². The van der Waals surface area contributed by atoms with Crippen molar-refractivity contribution in [2.75, 3.05) is 26.2 Å². The zero-order chi connectivity index (χ0) is 104. The van der Waals surface area contributed by atoms with Crippen LogP contribution in [-0.2, 0) is 28.4 Å². The second-order valence-electron chi connectivity index (χ2n) is 30.8. The summed E-state index contributed by atoms with van der Waals surface area (Å²) < 4.78 is 60.4. The zero-order valence-corrected chi connectivity index (χ0v) is 72.5. The van der Waals surface area contributed by atoms with Gasteiger partial charge in [0, 0.05) is 18.3 Å². The number of rotatable bonds is 25. The van der Waals surface area contributed by atoms with E-state index >= 15 is 14.4 Å². The first-order valence-electron chi connectivity index (χ1n) is 40.9. The molecule has 0 bridgehead atoms. The maximum atomic E-state index is 15.3. The average Bonchev–Trinajstić information content (AvgIpc) is 1.07. The van der Waals surface area contributed by atoms with Gasteiger partial charge in [0.05, 0.1) is 61.3 Å². The van der Waals surface area contributed by atoms with Crippen LogP contribution in [0.1, 0.15) is 133 Å². The number of aromatic nitrogens is 1. The molecule has 0 spiro atoms. The van der Waals surface area contributed by atoms with Crippen molar-refractivity contribution in [2.45, 2.75) is 50.5 Å². The van der Waals surface area contributed by atoms with Gasteiger partial charge in [-0.3, -0.25) is 9.88 Å². The van der Waals surface area contributed by atoms with Crippen LogP contribution in [-0.4, -0.2) is 254 Å². The van der Waals surface area contributed by atoms with Gasteiger partial charge < -0.3 is 180 Å². The van der Waals surface area contributed by atoms with Gasteiger partial charge in [-0.2, -0.15) is 0 Å². The first kappa shape index (κ1) is 100. The summed E-state index contributed by atoms with van der Waals surface area (Å²) in [6, 6.07) is 23.4. The molecular formula is C95H74N2O46. The van der Waals surface area contributed by atoms with Crippen molar-refractivity contribution >= 4 is 65.3 Å². The number of benzene rings is 11. The summed E-state index contributed by atoms with van der Waals surface area (Å²) in [5, 5.41) is 261. The summed E-state index contributed by atoms with van der Waals surface area (Å²) >= 11 is 0. The highest BCUT2D eigenvalue weighted by atomic mass is 16.8. The number of esters is 10. The van der Waals surface area contributed by atoms with Gasteiger partial charge in [0.25, 0.3) is 0 Å². The highest BCUT2D eigenvalue weighted by molar-refractivity contribution is 6.00. The molecule has 14 rings (SSSR count). The zero-order valence-electron chi connectivity index (χ0n) is 72.5. The molecule has 2 aliphatic rings. The number of likely N-dealkylation sites (tertiary alicyclic amines) is 1. The first-order chi connectivity index (χ1) is 67.7. The standard InChI is InChI=1S/C76H52O46.C19H22N2/c77-32-1-22(2-33(78)53(32)92)67(103)113-47-16-27(11-42(87)58(47)97)66(102)112-21-52-63(119-72(108)28-12-43(88)59(98)48(17-28)114-68(104)23-3-34(79)54(93)35(80)4-23)64(120-73(109)29-13-44(89)60(99)49(18-29)115-69(105)24-5-36(81)55(94)37(82)6-24)65(121-74(110)30-14-45(90)61(100)50(19-30)116-70(106)25-7-38(83)56(95)39(84)8-25)76(118-52)122-75(111)31-15-46(91)62(101)51(20-31)117-71(107)26-9-40(85)57(96)41(86)10-26;1-16-7-9-17(10-8-16)18(19-6-2-3-12-20-19)11-15-21-13-4-5-14-21/h1-20,52,63-65,76-101H,21H2;2-3,6-12H,4-5,13-15H2,1H3/b;18-11+/t52-,63-,64+,65-,76+;/m1./s1. The minimum atomic E-state index is -3.12. The van der Waals surface area contributed by atoms with Crippen molar-refractivity contribution in [3.8, 4) is 172 Å². The first-order valence-corrected chi connectivity index (χ1v) is 40.9. The Labute approximate surface area is 797 Å². The lowest BCUT2D eigenvalue weighted by Crippen LogP contribution is -2.63. The van der Waals surface area contributed by atoms with E-state index in [4.69, 9.17) is 52.1 Å². The molecule has 2 saturated heterocycles. The molecule has 3 heterocycles. The van der Waals surface area contributed by atoms with Crippen LogP contribution in [0.15, 0.2) is 176 Å². The van der Waals surface area contributed by atoms with Crippen LogP contribution in [0.25, 0.3) is 5.57 Å². The Bertz CT molecular complexity index is 7060. The molecule has 2 aliphatic heterocycles. The average molecular weight is 1980 g/mol. The maximum Gasteiger partial charge on any atom is 0.343 e. The van der Waals surface area contributed by atoms with E-state index in [1.54, 1.807) is 0 Å². The van der Waals surface area contributed by atoms with Gasteiger partial charge in [-0.25, -0.2) is 47.9 Å². The molecular weight excluding hydrogens is 1910 g/mol. The number of hydrogen-bond donors (Lipinski definition) is 25. The second kappa shape index (κ2) is 41.6. The number of pyridine rings is 1. The third-order valence-corrected chi connectivity index (χ3v) is 21.0. The van der Waals surface area contributed by atoms with E-state index in [2.05, 4.69) is 59.3 Å². The Kier molecular flexibility index (Phi) is 29.2. The molecule has 0 amide bonds. The van der Waals surface area contributed by atoms with Crippen LogP contribution in [0, 0.1) is 6.92 Å². The Morgan fingerprint density at radius 3 is 0.846 bits per heavy atom. The van der Waals surface area contributed by atoms with Gasteiger partial charge in [0.2, 0.25) is 41.1 Å². The van der Waals surface area contributed by atoms with E-state index in [-0.39, 0.29) is 0 Å². The number of ether oxygens (including phenoxy) is 11. The number of aromatic hydroxyl groups is 25. The molecule has 143 heavy (non-hydrogen) atoms. The molecule has 0 aliphatic carbocycles. The molecule has 48 nitrogen and oxygen atoms in total. The van der Waals surface area contributed by atoms with E-state index in [9.17, 15) is 161 Å². The van der Waals surface area contributed by atoms with Crippen LogP contribution in [0.2, 0.25) is 0 Å². The van der Waals surface area contributed by atoms with Crippen LogP contribution >= 0.6 is 0 Å². The quantitative estimate of drug-likeness (QED) is 0.0110. The largest absolute Gasteiger partial charge is 0.504 e. The topological polar surface area (TPSA) is 794 Å². The number of phenolic OH excluding ortho intramolecular Hbond substituents is 25. The minimum absolute atomic E-state index is 0.295. The minimum Gasteiger partial charge on any atom is -0.504 e. The number of carbonyl (C=O) groups excluding carboxylic acids is 10. The monoisotopic (exact) mass is 1980 g/mol. The molecule has 12 aromatic rings. The molecule has 11 aromatic carbocycles. The molecule has 25 N–H and O–H groups in total. The van der Waals surface area contributed by atoms with Gasteiger partial charge in [0.1, 0.15) is 12.7 Å². The van der Waals surface area contributed by atoms with Crippen molar-refractivity contribution in [3.05, 3.63) is 249 Å². The molecule has 2 fully saturated rings. The molecule has 0 radical (unpaired) electrons. The highest BCUT2D eigenvalue weighted by Crippen LogP contribution is 2.48. The summed E-state index contributed by atoms with van der Waals surface area (Å²) in [6.07, 6.45) is -8.19. The predicted octanol–water partition coefficient (Wildman–Crippen LogP) is 8.76. The highest BCUT2D eigenvalue weighted by Gasteiger charge is 2.55. The summed E-state index contributed by atoms with van der Waals surface area (Å²) in [7, 11) is 0. The summed E-state index contributed by atoms with van der Waals surface area (Å²) in [5.74, 6) is -56.0. The van der Waals surface area contributed by atoms with E-state index in [1.807, 2.05) is 12.3 Å². The fourth-order valence-corrected chi connectivity index (χ4v) is 13.7. The third-order valence-electron chi connectivity index (χ3n) is 21.0. The van der Waals surface area contributed by atoms with Crippen molar-refractivity contribution < 1.29 is 228 Å². The molecule has 0 unspecified atom stereocenters. The molecule has 48 heteroatoms. The fraction of sp³-hybridized carbons (Fsp3) is 0.126. The lowest BCUT2D eigenvalue weighted by atomic mass is 9.97. The maximum absolute atomic E-state index is 15.3. The summed E-state index contributed by atoms with van der Waals surface area (Å²) in [6.45, 7) is 3.87. The van der Waals surface area contributed by atoms with Crippen molar-refractivity contribution in [3.63, 3.8) is 0 Å². The summed E-state index contributed by atoms with van der Waals surface area (Å²) in [4.78, 5) is 149. The van der Waals surface area contributed by atoms with Crippen molar-refractivity contribution in [1.82, 2.24) is 9.88 Å². The smallest absolute Gasteiger partial charge is 0.343 e. The SMILES string of the molecule is Cc1ccc(/C(=C\CN2CCCC2)c2ccccn2)cc1.O=C(OC[C@H]1O[C@@H](OC(=O)c2cc(O)c(O)c(OC(=O)c3cc(O)c(O)c(O)c3)c2)[C@H](OC(=O)c2cc(O)c(O)c(OC(=O)c3cc(O)c(O)c(O)c3)c2)[C@@H](OC(=O)c2cc(O)c(O)c(OC(=O)c3cc(O)c(O)c(O)c3)c2)[C@@H]1OC(=O)c1cc(O)c(O)c(OC(=O)c2cc(O)c(O)c(O)c2)c1)c1cc(O)c(O)c(OC(=O)c2cc(O)c(O)c(O)c2)c1. The van der Waals surface area contributed by atoms with Gasteiger partial charge in [-0.05, 0) is 172 Å². The number of phenols is 25. The predicted molar refractivity (Wildman–Crippen MR) is 471 cm³/mol. The number of carbonyl (C=O) groups is 10. The fourth-order valence-electron chi connectivity index (χ4n) is 13.7. The van der Waals surface area contributed by atoms with E-state index in [1.165, 1.54) is 42.6 Å². The molecule has 0 saturated carbocycles. The molecule has 1 aromatic heterocycles. The Balaban J connectivity index is 0.000000717. The van der Waals surface area contributed by atoms with E-state index in [0.29, 0.717) is 121 Å². The molecule has 5 atom stereocenters. The Morgan fingerprint density at radius 1 is 0.301 bits per heavy atom. The lowest BCUT2D eigenvalue weighted by molar-refractivity contribution is -0.282. The number of nitrogens with zero attached hydrogens (tertiary/aromatic N) is 2. The van der Waals surface area contributed by atoms with Gasteiger partial charge in [0.15, 0.2) is 156 Å². The Morgan fingerprint density at radius 2 is 0.559 bits per heavy atom. The van der Waals surface area contributed by atoms with Crippen LogP contribution in [0.4, 0.5) is 0 Å². The summed E-state index contributed by atoms with van der Waals surface area (Å²) in [5.41, 5.74) is -5.06. The third kappa shape index (κ3) is 22.5. The van der Waals surface area contributed by atoms with Crippen molar-refractivity contribution in [1.29, 1.82) is 0 Å². The van der Waals surface area contributed by atoms with Gasteiger partial charge in [-0.15, -0.1) is 0 Å². The van der Waals surface area contributed by atoms with Crippen LogP contribution in [0.5, 0.6) is 172 Å². The number of aryl methyl sites for hydroxylation is 1. The van der Waals surface area contributed by atoms with Crippen LogP contribution < -0.4 is 23.7 Å². The molecule has 740 valence electrons.